The molecule has 0 fully saturated rings. The molecule has 0 saturated carbocycles. The monoisotopic (exact) mass is 619 g/mol. The van der Waals surface area contributed by atoms with Crippen molar-refractivity contribution in [1.82, 2.24) is 30.0 Å². The molecule has 2 aromatic carbocycles. The Morgan fingerprint density at radius 2 is 1.69 bits per heavy atom. The van der Waals surface area contributed by atoms with Gasteiger partial charge in [0.2, 0.25) is 17.6 Å². The molecule has 2 heterocycles. The standard InChI is InChI=1S/C33H45N7O5/c1-9-38(32(43)44-33(5,6)7)14-15-39(21-30(42)37(8)40-19-26-11-10-22(2)16-27(26)20-40)29(41)18-34-28-13-12-25(17-23(28)3)31-35-24(4)45-36-31/h10-13,16-17,34H,9,14-15,18-21H2,1-8H3. The van der Waals surface area contributed by atoms with Crippen LogP contribution in [0.1, 0.15) is 55.8 Å². The SMILES string of the molecule is CCN(CCN(CC(=O)N(C)N1Cc2ccc(C)cc2C1)C(=O)CNc1ccc(-c2noc(C)n2)cc1C)C(=O)OC(C)(C)C. The maximum atomic E-state index is 13.6. The molecule has 12 nitrogen and oxygen atoms in total. The van der Waals surface area contributed by atoms with Crippen molar-refractivity contribution in [2.45, 2.75) is 67.2 Å². The fourth-order valence-electron chi connectivity index (χ4n) is 5.08. The number of nitrogens with one attached hydrogen (secondary N) is 1. The number of hydrazine groups is 1. The van der Waals surface area contributed by atoms with E-state index in [0.717, 1.165) is 16.8 Å². The first-order valence-electron chi connectivity index (χ1n) is 15.2. The van der Waals surface area contributed by atoms with E-state index < -0.39 is 11.7 Å². The molecule has 0 aliphatic carbocycles. The Balaban J connectivity index is 1.44. The Labute approximate surface area is 265 Å². The number of aryl methyl sites for hydroxylation is 3. The second-order valence-corrected chi connectivity index (χ2v) is 12.4. The third-order valence-electron chi connectivity index (χ3n) is 7.65. The molecule has 0 radical (unpaired) electrons. The van der Waals surface area contributed by atoms with E-state index in [4.69, 9.17) is 9.26 Å². The van der Waals surface area contributed by atoms with Gasteiger partial charge in [-0.05, 0) is 76.4 Å². The minimum atomic E-state index is -0.648. The molecule has 1 aliphatic rings. The van der Waals surface area contributed by atoms with Crippen LogP contribution >= 0.6 is 0 Å². The van der Waals surface area contributed by atoms with Gasteiger partial charge in [-0.2, -0.15) is 4.98 Å². The fraction of sp³-hybridized carbons (Fsp3) is 0.485. The van der Waals surface area contributed by atoms with Crippen LogP contribution in [0.15, 0.2) is 40.9 Å². The molecule has 1 N–H and O–H groups in total. The predicted molar refractivity (Wildman–Crippen MR) is 171 cm³/mol. The molecule has 0 spiro atoms. The largest absolute Gasteiger partial charge is 0.444 e. The van der Waals surface area contributed by atoms with Gasteiger partial charge in [-0.15, -0.1) is 0 Å². The molecule has 3 amide bonds. The highest BCUT2D eigenvalue weighted by molar-refractivity contribution is 5.87. The number of anilines is 1. The lowest BCUT2D eigenvalue weighted by Crippen LogP contribution is -2.50. The van der Waals surface area contributed by atoms with Crippen LogP contribution in [0.25, 0.3) is 11.4 Å². The molecular formula is C33H45N7O5. The van der Waals surface area contributed by atoms with Crippen molar-refractivity contribution in [3.05, 3.63) is 64.5 Å². The smallest absolute Gasteiger partial charge is 0.410 e. The molecule has 12 heteroatoms. The Hall–Kier alpha value is -4.45. The third-order valence-corrected chi connectivity index (χ3v) is 7.65. The fourth-order valence-corrected chi connectivity index (χ4v) is 5.08. The van der Waals surface area contributed by atoms with Crippen molar-refractivity contribution >= 4 is 23.6 Å². The number of ether oxygens (including phenoxy) is 1. The summed E-state index contributed by atoms with van der Waals surface area (Å²) in [4.78, 5) is 47.3. The molecule has 1 aromatic heterocycles. The number of carbonyl (C=O) groups excluding carboxylic acids is 3. The van der Waals surface area contributed by atoms with Gasteiger partial charge in [0.05, 0.1) is 6.54 Å². The van der Waals surface area contributed by atoms with Gasteiger partial charge in [0.1, 0.15) is 12.1 Å². The van der Waals surface area contributed by atoms with Gasteiger partial charge in [0.25, 0.3) is 5.91 Å². The summed E-state index contributed by atoms with van der Waals surface area (Å²) < 4.78 is 10.6. The Morgan fingerprint density at radius 1 is 0.978 bits per heavy atom. The van der Waals surface area contributed by atoms with E-state index >= 15 is 0 Å². The van der Waals surface area contributed by atoms with Gasteiger partial charge in [0.15, 0.2) is 0 Å². The summed E-state index contributed by atoms with van der Waals surface area (Å²) in [5.74, 6) is 0.487. The van der Waals surface area contributed by atoms with Gasteiger partial charge < -0.3 is 24.4 Å². The normalized spacial score (nSPS) is 12.9. The minimum Gasteiger partial charge on any atom is -0.444 e. The molecular weight excluding hydrogens is 574 g/mol. The molecule has 242 valence electrons. The van der Waals surface area contributed by atoms with E-state index in [0.29, 0.717) is 31.3 Å². The maximum absolute atomic E-state index is 13.6. The molecule has 3 aromatic rings. The molecule has 0 unspecified atom stereocenters. The number of amides is 3. The number of benzene rings is 2. The Morgan fingerprint density at radius 3 is 2.33 bits per heavy atom. The molecule has 0 bridgehead atoms. The second kappa shape index (κ2) is 14.1. The van der Waals surface area contributed by atoms with E-state index in [1.54, 1.807) is 19.0 Å². The molecule has 1 aliphatic heterocycles. The zero-order valence-corrected chi connectivity index (χ0v) is 27.6. The summed E-state index contributed by atoms with van der Waals surface area (Å²) in [6.45, 7) is 14.9. The second-order valence-electron chi connectivity index (χ2n) is 12.4. The summed E-state index contributed by atoms with van der Waals surface area (Å²) in [6.07, 6.45) is -0.461. The number of hydrogen-bond acceptors (Lipinski definition) is 9. The van der Waals surface area contributed by atoms with E-state index in [-0.39, 0.29) is 38.0 Å². The average Bonchev–Trinajstić information content (AvgIpc) is 3.60. The number of nitrogens with zero attached hydrogens (tertiary/aromatic N) is 6. The summed E-state index contributed by atoms with van der Waals surface area (Å²) in [5, 5.41) is 10.8. The number of carbonyl (C=O) groups is 3. The van der Waals surface area contributed by atoms with Gasteiger partial charge >= 0.3 is 6.09 Å². The van der Waals surface area contributed by atoms with Crippen LogP contribution in [0.4, 0.5) is 10.5 Å². The molecule has 0 atom stereocenters. The zero-order valence-electron chi connectivity index (χ0n) is 27.6. The van der Waals surface area contributed by atoms with Gasteiger partial charge in [-0.1, -0.05) is 28.9 Å². The van der Waals surface area contributed by atoms with Crippen LogP contribution in [-0.4, -0.2) is 93.2 Å². The van der Waals surface area contributed by atoms with Crippen molar-refractivity contribution in [1.29, 1.82) is 0 Å². The topological polar surface area (TPSA) is 124 Å². The molecule has 0 saturated heterocycles. The van der Waals surface area contributed by atoms with Crippen molar-refractivity contribution in [2.24, 2.45) is 0 Å². The number of likely N-dealkylation sites (N-methyl/N-ethyl adjacent to an activating group) is 2. The van der Waals surface area contributed by atoms with Gasteiger partial charge in [-0.25, -0.2) is 9.80 Å². The van der Waals surface area contributed by atoms with Crippen molar-refractivity contribution in [2.75, 3.05) is 45.1 Å². The summed E-state index contributed by atoms with van der Waals surface area (Å²) >= 11 is 0. The van der Waals surface area contributed by atoms with E-state index in [2.05, 4.69) is 40.6 Å². The summed E-state index contributed by atoms with van der Waals surface area (Å²) in [7, 11) is 1.73. The van der Waals surface area contributed by atoms with Gasteiger partial charge in [0, 0.05) is 57.9 Å². The van der Waals surface area contributed by atoms with Crippen LogP contribution in [0.3, 0.4) is 0 Å². The van der Waals surface area contributed by atoms with Crippen LogP contribution < -0.4 is 5.32 Å². The van der Waals surface area contributed by atoms with Gasteiger partial charge in [-0.3, -0.25) is 14.6 Å². The lowest BCUT2D eigenvalue weighted by Gasteiger charge is -2.32. The highest BCUT2D eigenvalue weighted by Crippen LogP contribution is 2.25. The number of hydrogen-bond donors (Lipinski definition) is 1. The first-order chi connectivity index (χ1) is 21.2. The summed E-state index contributed by atoms with van der Waals surface area (Å²) in [5.41, 5.74) is 5.37. The van der Waals surface area contributed by atoms with Crippen molar-refractivity contribution in [3.63, 3.8) is 0 Å². The lowest BCUT2D eigenvalue weighted by molar-refractivity contribution is -0.151. The quantitative estimate of drug-likeness (QED) is 0.329. The average molecular weight is 620 g/mol. The maximum Gasteiger partial charge on any atom is 0.410 e. The minimum absolute atomic E-state index is 0.0362. The number of fused-ring (bicyclic) bond motifs is 1. The van der Waals surface area contributed by atoms with Crippen LogP contribution in [-0.2, 0) is 27.4 Å². The highest BCUT2D eigenvalue weighted by atomic mass is 16.6. The van der Waals surface area contributed by atoms with Crippen molar-refractivity contribution < 1.29 is 23.6 Å². The predicted octanol–water partition coefficient (Wildman–Crippen LogP) is 4.55. The lowest BCUT2D eigenvalue weighted by atomic mass is 10.1. The highest BCUT2D eigenvalue weighted by Gasteiger charge is 2.28. The first kappa shape index (κ1) is 33.4. The molecule has 4 rings (SSSR count). The van der Waals surface area contributed by atoms with Crippen molar-refractivity contribution in [3.8, 4) is 11.4 Å². The summed E-state index contributed by atoms with van der Waals surface area (Å²) in [6, 6.07) is 11.9. The van der Waals surface area contributed by atoms with Crippen LogP contribution in [0.5, 0.6) is 0 Å². The van der Waals surface area contributed by atoms with Crippen LogP contribution in [0.2, 0.25) is 0 Å². The van der Waals surface area contributed by atoms with E-state index in [1.165, 1.54) is 26.5 Å². The zero-order chi connectivity index (χ0) is 32.9. The molecule has 45 heavy (non-hydrogen) atoms. The Kier molecular flexibility index (Phi) is 10.5. The number of rotatable bonds is 11. The van der Waals surface area contributed by atoms with E-state index in [1.807, 2.05) is 57.8 Å². The number of aromatic nitrogens is 2. The van der Waals surface area contributed by atoms with E-state index in [9.17, 15) is 14.4 Å². The van der Waals surface area contributed by atoms with Crippen LogP contribution in [0, 0.1) is 20.8 Å². The Bertz CT molecular complexity index is 1530. The first-order valence-corrected chi connectivity index (χ1v) is 15.2. The third kappa shape index (κ3) is 8.81.